The van der Waals surface area contributed by atoms with E-state index in [0.29, 0.717) is 23.6 Å². The molecule has 1 aliphatic carbocycles. The minimum atomic E-state index is -0.433. The van der Waals surface area contributed by atoms with Crippen LogP contribution < -0.4 is 5.73 Å². The van der Waals surface area contributed by atoms with Gasteiger partial charge in [0.1, 0.15) is 5.82 Å². The van der Waals surface area contributed by atoms with Gasteiger partial charge in [0.05, 0.1) is 18.2 Å². The number of carbonyl (C=O) groups excluding carboxylic acids is 1. The van der Waals surface area contributed by atoms with E-state index < -0.39 is 5.82 Å². The number of nitrogens with zero attached hydrogens (tertiary/aromatic N) is 1. The third-order valence-electron chi connectivity index (χ3n) is 3.63. The van der Waals surface area contributed by atoms with Crippen molar-refractivity contribution in [3.63, 3.8) is 0 Å². The van der Waals surface area contributed by atoms with Gasteiger partial charge in [-0.15, -0.1) is 0 Å². The van der Waals surface area contributed by atoms with E-state index in [0.717, 1.165) is 12.8 Å². The molecule has 0 saturated heterocycles. The Morgan fingerprint density at radius 3 is 2.86 bits per heavy atom. The number of aliphatic hydroxyl groups excluding tert-OH is 1. The number of hydrogen-bond donors (Lipinski definition) is 2. The van der Waals surface area contributed by atoms with Crippen molar-refractivity contribution in [1.29, 1.82) is 0 Å². The van der Waals surface area contributed by atoms with Crippen molar-refractivity contribution >= 4 is 5.91 Å². The van der Waals surface area contributed by atoms with Gasteiger partial charge in [0.25, 0.3) is 5.91 Å². The van der Waals surface area contributed by atoms with Crippen LogP contribution in [0.4, 0.5) is 4.39 Å². The van der Waals surface area contributed by atoms with E-state index in [9.17, 15) is 14.3 Å². The highest BCUT2D eigenvalue weighted by molar-refractivity contribution is 5.96. The summed E-state index contributed by atoms with van der Waals surface area (Å²) in [4.78, 5) is 14.0. The van der Waals surface area contributed by atoms with Crippen LogP contribution in [0.1, 0.15) is 28.8 Å². The zero-order valence-corrected chi connectivity index (χ0v) is 12.0. The number of benzene rings is 1. The number of carbonyl (C=O) groups is 1. The first-order valence-electron chi connectivity index (χ1n) is 6.93. The monoisotopic (exact) mass is 290 g/mol. The predicted molar refractivity (Wildman–Crippen MR) is 78.0 cm³/mol. The predicted octanol–water partition coefficient (Wildman–Crippen LogP) is 0.979. The van der Waals surface area contributed by atoms with Gasteiger partial charge in [0.15, 0.2) is 0 Å². The summed E-state index contributed by atoms with van der Waals surface area (Å²) < 4.78 is 13.3. The molecule has 1 aromatic rings. The number of amides is 1. The van der Waals surface area contributed by atoms with Gasteiger partial charge < -0.3 is 15.7 Å². The lowest BCUT2D eigenvalue weighted by atomic mass is 9.82. The molecular weight excluding hydrogens is 271 g/mol. The molecule has 112 valence electrons. The van der Waals surface area contributed by atoms with Gasteiger partial charge in [-0.2, -0.15) is 0 Å². The SMILES string of the molecule is CN(CC1CC(O)C1)C(=O)c1ccc(F)cc1C#CCN. The molecule has 4 nitrogen and oxygen atoms in total. The van der Waals surface area contributed by atoms with Gasteiger partial charge in [-0.05, 0) is 37.0 Å². The summed E-state index contributed by atoms with van der Waals surface area (Å²) in [7, 11) is 1.70. The molecule has 1 saturated carbocycles. The van der Waals surface area contributed by atoms with Crippen molar-refractivity contribution in [2.24, 2.45) is 11.7 Å². The summed E-state index contributed by atoms with van der Waals surface area (Å²) in [5, 5.41) is 9.28. The van der Waals surface area contributed by atoms with Gasteiger partial charge in [-0.3, -0.25) is 4.79 Å². The lowest BCUT2D eigenvalue weighted by Gasteiger charge is -2.34. The first kappa shape index (κ1) is 15.5. The summed E-state index contributed by atoms with van der Waals surface area (Å²) in [5.41, 5.74) is 6.05. The highest BCUT2D eigenvalue weighted by Crippen LogP contribution is 2.28. The van der Waals surface area contributed by atoms with Crippen LogP contribution in [0.25, 0.3) is 0 Å². The van der Waals surface area contributed by atoms with Crippen LogP contribution >= 0.6 is 0 Å². The van der Waals surface area contributed by atoms with Gasteiger partial charge in [-0.25, -0.2) is 4.39 Å². The molecule has 1 aromatic carbocycles. The summed E-state index contributed by atoms with van der Waals surface area (Å²) >= 11 is 0. The molecule has 0 aliphatic heterocycles. The average Bonchev–Trinajstić information content (AvgIpc) is 2.42. The fourth-order valence-electron chi connectivity index (χ4n) is 2.48. The Kier molecular flexibility index (Phi) is 4.94. The van der Waals surface area contributed by atoms with Crippen LogP contribution in [0.3, 0.4) is 0 Å². The third-order valence-corrected chi connectivity index (χ3v) is 3.63. The Hall–Kier alpha value is -1.90. The lowest BCUT2D eigenvalue weighted by molar-refractivity contribution is 0.0265. The second-order valence-electron chi connectivity index (χ2n) is 5.37. The van der Waals surface area contributed by atoms with Gasteiger partial charge in [-0.1, -0.05) is 11.8 Å². The van der Waals surface area contributed by atoms with E-state index in [1.165, 1.54) is 18.2 Å². The smallest absolute Gasteiger partial charge is 0.254 e. The van der Waals surface area contributed by atoms with Crippen LogP contribution in [-0.4, -0.2) is 42.2 Å². The van der Waals surface area contributed by atoms with E-state index in [1.807, 2.05) is 0 Å². The highest BCUT2D eigenvalue weighted by Gasteiger charge is 2.29. The molecule has 0 radical (unpaired) electrons. The van der Waals surface area contributed by atoms with Crippen LogP contribution in [-0.2, 0) is 0 Å². The van der Waals surface area contributed by atoms with E-state index in [-0.39, 0.29) is 18.6 Å². The summed E-state index contributed by atoms with van der Waals surface area (Å²) in [6.45, 7) is 0.733. The van der Waals surface area contributed by atoms with Crippen molar-refractivity contribution in [2.75, 3.05) is 20.1 Å². The topological polar surface area (TPSA) is 66.6 Å². The zero-order chi connectivity index (χ0) is 15.4. The van der Waals surface area contributed by atoms with Crippen molar-refractivity contribution in [1.82, 2.24) is 4.90 Å². The van der Waals surface area contributed by atoms with E-state index in [4.69, 9.17) is 5.73 Å². The Morgan fingerprint density at radius 1 is 1.52 bits per heavy atom. The fourth-order valence-corrected chi connectivity index (χ4v) is 2.48. The number of rotatable bonds is 3. The summed E-state index contributed by atoms with van der Waals surface area (Å²) in [6.07, 6.45) is 1.21. The minimum absolute atomic E-state index is 0.153. The molecule has 1 fully saturated rings. The first-order valence-corrected chi connectivity index (χ1v) is 6.93. The van der Waals surface area contributed by atoms with Gasteiger partial charge in [0.2, 0.25) is 0 Å². The molecule has 0 unspecified atom stereocenters. The van der Waals surface area contributed by atoms with Crippen LogP contribution in [0.2, 0.25) is 0 Å². The highest BCUT2D eigenvalue weighted by atomic mass is 19.1. The maximum absolute atomic E-state index is 13.3. The van der Waals surface area contributed by atoms with Gasteiger partial charge >= 0.3 is 0 Å². The summed E-state index contributed by atoms with van der Waals surface area (Å²) in [5.74, 6) is 5.08. The molecule has 5 heteroatoms. The van der Waals surface area contributed by atoms with Crippen LogP contribution in [0.5, 0.6) is 0 Å². The normalized spacial score (nSPS) is 20.2. The number of hydrogen-bond acceptors (Lipinski definition) is 3. The standard InChI is InChI=1S/C16H19FN2O2/c1-19(10-11-7-14(20)8-11)16(21)15-5-4-13(17)9-12(15)3-2-6-18/h4-5,9,11,14,20H,6-8,10,18H2,1H3. The third kappa shape index (κ3) is 3.81. The number of nitrogens with two attached hydrogens (primary N) is 1. The Bertz CT molecular complexity index is 586. The molecule has 0 aromatic heterocycles. The molecule has 3 N–H and O–H groups in total. The second kappa shape index (κ2) is 6.70. The molecule has 21 heavy (non-hydrogen) atoms. The molecule has 0 atom stereocenters. The van der Waals surface area contributed by atoms with Crippen molar-refractivity contribution in [2.45, 2.75) is 18.9 Å². The Labute approximate surface area is 123 Å². The number of halogens is 1. The van der Waals surface area contributed by atoms with E-state index in [1.54, 1.807) is 11.9 Å². The lowest BCUT2D eigenvalue weighted by Crippen LogP contribution is -2.39. The molecule has 0 bridgehead atoms. The van der Waals surface area contributed by atoms with E-state index >= 15 is 0 Å². The summed E-state index contributed by atoms with van der Waals surface area (Å²) in [6, 6.07) is 3.95. The molecule has 0 spiro atoms. The van der Waals surface area contributed by atoms with Crippen molar-refractivity contribution in [3.8, 4) is 11.8 Å². The van der Waals surface area contributed by atoms with Gasteiger partial charge in [0, 0.05) is 19.2 Å². The first-order chi connectivity index (χ1) is 10.0. The van der Waals surface area contributed by atoms with Crippen LogP contribution in [0, 0.1) is 23.6 Å². The Balaban J connectivity index is 2.14. The molecule has 2 rings (SSSR count). The van der Waals surface area contributed by atoms with Crippen molar-refractivity contribution < 1.29 is 14.3 Å². The van der Waals surface area contributed by atoms with Crippen molar-refractivity contribution in [3.05, 3.63) is 35.1 Å². The average molecular weight is 290 g/mol. The molecule has 1 aliphatic rings. The molecular formula is C16H19FN2O2. The molecule has 1 amide bonds. The number of aliphatic hydroxyl groups is 1. The maximum atomic E-state index is 13.3. The second-order valence-corrected chi connectivity index (χ2v) is 5.37. The minimum Gasteiger partial charge on any atom is -0.393 e. The quantitative estimate of drug-likeness (QED) is 0.816. The van der Waals surface area contributed by atoms with Crippen LogP contribution in [0.15, 0.2) is 18.2 Å². The van der Waals surface area contributed by atoms with E-state index in [2.05, 4.69) is 11.8 Å². The largest absolute Gasteiger partial charge is 0.393 e. The fraction of sp³-hybridized carbons (Fsp3) is 0.438. The molecule has 0 heterocycles. The zero-order valence-electron chi connectivity index (χ0n) is 12.0. The maximum Gasteiger partial charge on any atom is 0.254 e. The Morgan fingerprint density at radius 2 is 2.24 bits per heavy atom.